The third-order valence-electron chi connectivity index (χ3n) is 5.89. The van der Waals surface area contributed by atoms with Gasteiger partial charge >= 0.3 is 5.97 Å². The molecule has 1 saturated heterocycles. The van der Waals surface area contributed by atoms with Gasteiger partial charge in [-0.1, -0.05) is 26.0 Å². The second-order valence-electron chi connectivity index (χ2n) is 9.17. The third kappa shape index (κ3) is 4.76. The molecule has 1 aromatic heterocycles. The van der Waals surface area contributed by atoms with Crippen LogP contribution in [0.2, 0.25) is 0 Å². The van der Waals surface area contributed by atoms with Crippen LogP contribution in [0.1, 0.15) is 59.9 Å². The quantitative estimate of drug-likeness (QED) is 0.375. The zero-order valence-corrected chi connectivity index (χ0v) is 19.3. The van der Waals surface area contributed by atoms with Crippen molar-refractivity contribution in [3.63, 3.8) is 0 Å². The maximum atomic E-state index is 13.1. The Labute approximate surface area is 188 Å². The van der Waals surface area contributed by atoms with Crippen molar-refractivity contribution in [2.45, 2.75) is 72.1 Å². The van der Waals surface area contributed by atoms with E-state index in [0.717, 1.165) is 4.90 Å². The molecule has 0 aromatic carbocycles. The molecule has 174 valence electrons. The number of hydrogen-bond acceptors (Lipinski definition) is 6. The smallest absolute Gasteiger partial charge is 0.330 e. The Morgan fingerprint density at radius 2 is 1.69 bits per heavy atom. The van der Waals surface area contributed by atoms with Crippen molar-refractivity contribution in [2.75, 3.05) is 5.32 Å². The molecule has 2 heterocycles. The maximum Gasteiger partial charge on any atom is 0.330 e. The topological polar surface area (TPSA) is 111 Å². The van der Waals surface area contributed by atoms with Gasteiger partial charge in [-0.15, -0.1) is 0 Å². The van der Waals surface area contributed by atoms with E-state index >= 15 is 0 Å². The van der Waals surface area contributed by atoms with E-state index in [4.69, 9.17) is 4.74 Å². The Hall–Kier alpha value is -2.97. The average Bonchev–Trinajstić information content (AvgIpc) is 3.29. The number of likely N-dealkylation sites (tertiary alicyclic amines) is 1. The van der Waals surface area contributed by atoms with Crippen LogP contribution in [0.3, 0.4) is 0 Å². The van der Waals surface area contributed by atoms with Crippen molar-refractivity contribution >= 4 is 29.5 Å². The molecule has 0 spiro atoms. The molecule has 1 fully saturated rings. The van der Waals surface area contributed by atoms with E-state index in [1.807, 2.05) is 39.8 Å². The van der Waals surface area contributed by atoms with E-state index in [1.165, 1.54) is 6.92 Å². The van der Waals surface area contributed by atoms with Crippen molar-refractivity contribution in [3.8, 4) is 0 Å². The first-order valence-electron chi connectivity index (χ1n) is 11.2. The van der Waals surface area contributed by atoms with Gasteiger partial charge in [0, 0.05) is 12.1 Å². The molecule has 0 bridgehead atoms. The van der Waals surface area contributed by atoms with E-state index < -0.39 is 35.9 Å². The van der Waals surface area contributed by atoms with Gasteiger partial charge in [0.25, 0.3) is 5.91 Å². The lowest BCUT2D eigenvalue weighted by Crippen LogP contribution is -2.48. The molecule has 0 unspecified atom stereocenters. The number of allylic oxidation sites excluding steroid dienone is 2. The molecular weight excluding hydrogens is 412 g/mol. The number of carbonyl (C=O) groups is 4. The molecule has 3 amide bonds. The van der Waals surface area contributed by atoms with Crippen LogP contribution in [0.25, 0.3) is 0 Å². The van der Waals surface area contributed by atoms with Crippen molar-refractivity contribution in [3.05, 3.63) is 24.4 Å². The van der Waals surface area contributed by atoms with Gasteiger partial charge in [-0.2, -0.15) is 5.10 Å². The highest BCUT2D eigenvalue weighted by molar-refractivity contribution is 6.08. The third-order valence-corrected chi connectivity index (χ3v) is 5.89. The first kappa shape index (κ1) is 23.7. The molecule has 0 radical (unpaired) electrons. The van der Waals surface area contributed by atoms with E-state index in [2.05, 4.69) is 10.4 Å². The molecule has 1 aliphatic heterocycles. The normalized spacial score (nSPS) is 22.3. The largest absolute Gasteiger partial charge is 0.451 e. The minimum atomic E-state index is -1.11. The lowest BCUT2D eigenvalue weighted by molar-refractivity contribution is -0.164. The summed E-state index contributed by atoms with van der Waals surface area (Å²) in [5.74, 6) is -2.23. The summed E-state index contributed by atoms with van der Waals surface area (Å²) in [6, 6.07) is 0.654. The van der Waals surface area contributed by atoms with Crippen molar-refractivity contribution in [1.82, 2.24) is 14.7 Å². The van der Waals surface area contributed by atoms with E-state index in [-0.39, 0.29) is 30.2 Å². The Balaban J connectivity index is 1.72. The lowest BCUT2D eigenvalue weighted by atomic mass is 9.85. The average molecular weight is 445 g/mol. The van der Waals surface area contributed by atoms with E-state index in [0.29, 0.717) is 18.7 Å². The number of amides is 3. The van der Waals surface area contributed by atoms with Crippen LogP contribution in [0, 0.1) is 17.8 Å². The summed E-state index contributed by atoms with van der Waals surface area (Å²) in [6.45, 7) is 9.14. The van der Waals surface area contributed by atoms with Gasteiger partial charge in [-0.3, -0.25) is 19.3 Å². The summed E-state index contributed by atoms with van der Waals surface area (Å²) < 4.78 is 7.09. The number of fused-ring (bicyclic) bond motifs is 1. The molecule has 0 saturated carbocycles. The standard InChI is InChI=1S/C23H32N4O5/c1-13(2)12-18(26-21(29)16-8-6-7-9-17(16)22(26)30)23(31)32-15(5)20(28)25-19-10-11-24-27(19)14(3)4/h6-7,10-11,13-18H,8-9,12H2,1-5H3,(H,25,28)/t15-,16-,17+,18-/m0/s1. The first-order chi connectivity index (χ1) is 15.1. The molecule has 2 aliphatic rings. The van der Waals surface area contributed by atoms with Crippen molar-refractivity contribution in [1.29, 1.82) is 0 Å². The highest BCUT2D eigenvalue weighted by atomic mass is 16.5. The van der Waals surface area contributed by atoms with E-state index in [9.17, 15) is 19.2 Å². The number of carbonyl (C=O) groups excluding carboxylic acids is 4. The Morgan fingerprint density at radius 3 is 2.22 bits per heavy atom. The van der Waals surface area contributed by atoms with E-state index in [1.54, 1.807) is 16.9 Å². The second-order valence-corrected chi connectivity index (χ2v) is 9.17. The number of rotatable bonds is 8. The molecule has 1 N–H and O–H groups in total. The monoisotopic (exact) mass is 444 g/mol. The van der Waals surface area contributed by atoms with Gasteiger partial charge in [0.05, 0.1) is 18.0 Å². The number of imide groups is 1. The summed E-state index contributed by atoms with van der Waals surface area (Å²) in [6.07, 6.45) is 5.54. The fraction of sp³-hybridized carbons (Fsp3) is 0.609. The van der Waals surface area contributed by atoms with Crippen LogP contribution >= 0.6 is 0 Å². The second kappa shape index (κ2) is 9.67. The van der Waals surface area contributed by atoms with Gasteiger partial charge < -0.3 is 10.1 Å². The van der Waals surface area contributed by atoms with Crippen LogP contribution in [0.15, 0.2) is 24.4 Å². The van der Waals surface area contributed by atoms with Crippen LogP contribution in [-0.4, -0.2) is 50.5 Å². The highest BCUT2D eigenvalue weighted by Crippen LogP contribution is 2.37. The van der Waals surface area contributed by atoms with Crippen LogP contribution in [-0.2, 0) is 23.9 Å². The molecule has 1 aliphatic carbocycles. The predicted octanol–water partition coefficient (Wildman–Crippen LogP) is 2.70. The summed E-state index contributed by atoms with van der Waals surface area (Å²) >= 11 is 0. The zero-order valence-electron chi connectivity index (χ0n) is 19.3. The van der Waals surface area contributed by atoms with Gasteiger partial charge in [0.15, 0.2) is 6.10 Å². The number of hydrogen-bond donors (Lipinski definition) is 1. The number of esters is 1. The maximum absolute atomic E-state index is 13.1. The Kier molecular flexibility index (Phi) is 7.16. The molecule has 32 heavy (non-hydrogen) atoms. The Bertz CT molecular complexity index is 893. The zero-order chi connectivity index (χ0) is 23.6. The van der Waals surface area contributed by atoms with Gasteiger partial charge in [-0.25, -0.2) is 9.48 Å². The van der Waals surface area contributed by atoms with Crippen LogP contribution < -0.4 is 5.32 Å². The predicted molar refractivity (Wildman–Crippen MR) is 117 cm³/mol. The number of anilines is 1. The first-order valence-corrected chi connectivity index (χ1v) is 11.2. The van der Waals surface area contributed by atoms with Gasteiger partial charge in [0.2, 0.25) is 11.8 Å². The molecule has 3 rings (SSSR count). The van der Waals surface area contributed by atoms with Crippen LogP contribution in [0.4, 0.5) is 5.82 Å². The fourth-order valence-electron chi connectivity index (χ4n) is 4.25. The highest BCUT2D eigenvalue weighted by Gasteiger charge is 2.51. The molecule has 9 nitrogen and oxygen atoms in total. The number of nitrogens with one attached hydrogen (secondary N) is 1. The molecular formula is C23H32N4O5. The van der Waals surface area contributed by atoms with Crippen LogP contribution in [0.5, 0.6) is 0 Å². The minimum absolute atomic E-state index is 0.0402. The summed E-state index contributed by atoms with van der Waals surface area (Å²) in [5, 5.41) is 6.87. The SMILES string of the molecule is CC(C)C[C@@H](C(=O)O[C@@H](C)C(=O)Nc1ccnn1C(C)C)N1C(=O)[C@H]2CC=CC[C@H]2C1=O. The number of nitrogens with zero attached hydrogens (tertiary/aromatic N) is 3. The molecule has 1 aromatic rings. The number of ether oxygens (including phenoxy) is 1. The lowest BCUT2D eigenvalue weighted by Gasteiger charge is -2.27. The molecule has 4 atom stereocenters. The van der Waals surface area contributed by atoms with Gasteiger partial charge in [0.1, 0.15) is 11.9 Å². The van der Waals surface area contributed by atoms with Gasteiger partial charge in [-0.05, 0) is 46.0 Å². The summed E-state index contributed by atoms with van der Waals surface area (Å²) in [7, 11) is 0. The summed E-state index contributed by atoms with van der Waals surface area (Å²) in [4.78, 5) is 52.8. The minimum Gasteiger partial charge on any atom is -0.451 e. The fourth-order valence-corrected chi connectivity index (χ4v) is 4.25. The van der Waals surface area contributed by atoms with Crippen molar-refractivity contribution < 1.29 is 23.9 Å². The number of aromatic nitrogens is 2. The van der Waals surface area contributed by atoms with Crippen molar-refractivity contribution in [2.24, 2.45) is 17.8 Å². The summed E-state index contributed by atoms with van der Waals surface area (Å²) in [5.41, 5.74) is 0. The molecule has 9 heteroatoms. The Morgan fingerprint density at radius 1 is 1.09 bits per heavy atom.